The fraction of sp³-hybridized carbons (Fsp3) is 0.526. The van der Waals surface area contributed by atoms with Crippen LogP contribution in [0.2, 0.25) is 5.02 Å². The zero-order chi connectivity index (χ0) is 20.0. The summed E-state index contributed by atoms with van der Waals surface area (Å²) in [5.74, 6) is 1.87. The summed E-state index contributed by atoms with van der Waals surface area (Å²) >= 11 is 6.20. The molecule has 0 spiro atoms. The van der Waals surface area contributed by atoms with Gasteiger partial charge >= 0.3 is 0 Å². The highest BCUT2D eigenvalue weighted by Gasteiger charge is 2.24. The molecule has 2 N–H and O–H groups in total. The van der Waals surface area contributed by atoms with Gasteiger partial charge in [0, 0.05) is 42.9 Å². The first-order valence-corrected chi connectivity index (χ1v) is 9.33. The maximum atomic E-state index is 13.3. The summed E-state index contributed by atoms with van der Waals surface area (Å²) < 4.78 is 18.5. The molecule has 0 saturated heterocycles. The van der Waals surface area contributed by atoms with Gasteiger partial charge in [0.05, 0.1) is 0 Å². The third kappa shape index (κ3) is 6.88. The molecule has 0 bridgehead atoms. The van der Waals surface area contributed by atoms with Crippen LogP contribution in [0.4, 0.5) is 4.39 Å². The van der Waals surface area contributed by atoms with Crippen LogP contribution < -0.4 is 10.6 Å². The third-order valence-corrected chi connectivity index (χ3v) is 4.53. The van der Waals surface area contributed by atoms with Crippen LogP contribution in [0.3, 0.4) is 0 Å². The highest BCUT2D eigenvalue weighted by molar-refractivity contribution is 14.0. The van der Waals surface area contributed by atoms with Gasteiger partial charge in [0.15, 0.2) is 11.8 Å². The number of hydrogen-bond donors (Lipinski definition) is 2. The van der Waals surface area contributed by atoms with Gasteiger partial charge in [-0.3, -0.25) is 4.99 Å². The van der Waals surface area contributed by atoms with Crippen LogP contribution in [0.15, 0.2) is 27.7 Å². The van der Waals surface area contributed by atoms with Crippen molar-refractivity contribution in [2.45, 2.75) is 45.4 Å². The van der Waals surface area contributed by atoms with Crippen LogP contribution in [0.1, 0.15) is 50.9 Å². The molecule has 0 aliphatic heterocycles. The Bertz CT molecular complexity index is 794. The lowest BCUT2D eigenvalue weighted by Gasteiger charge is -2.27. The second-order valence-corrected chi connectivity index (χ2v) is 7.72. The molecular weight excluding hydrogens is 496 g/mol. The number of nitrogens with zero attached hydrogens (tertiary/aromatic N) is 3. The summed E-state index contributed by atoms with van der Waals surface area (Å²) in [5, 5.41) is 10.9. The van der Waals surface area contributed by atoms with E-state index in [0.29, 0.717) is 42.2 Å². The van der Waals surface area contributed by atoms with Crippen molar-refractivity contribution in [2.75, 3.05) is 20.1 Å². The van der Waals surface area contributed by atoms with Crippen LogP contribution in [-0.2, 0) is 11.8 Å². The van der Waals surface area contributed by atoms with Gasteiger partial charge in [0.2, 0.25) is 5.89 Å². The molecule has 2 aromatic rings. The first-order chi connectivity index (χ1) is 12.7. The van der Waals surface area contributed by atoms with Crippen molar-refractivity contribution in [1.29, 1.82) is 0 Å². The van der Waals surface area contributed by atoms with Crippen molar-refractivity contribution in [2.24, 2.45) is 4.99 Å². The minimum absolute atomic E-state index is 0. The molecule has 1 aromatic carbocycles. The zero-order valence-electron chi connectivity index (χ0n) is 16.8. The quantitative estimate of drug-likeness (QED) is 0.322. The second-order valence-electron chi connectivity index (χ2n) is 7.31. The summed E-state index contributed by atoms with van der Waals surface area (Å²) in [6.07, 6.45) is 0.605. The lowest BCUT2D eigenvalue weighted by Crippen LogP contribution is -2.44. The lowest BCUT2D eigenvalue weighted by molar-refractivity contribution is 0.371. The standard InChI is InChI=1S/C19H27ClFN5O.HI/c1-12(2)17-25-16(27-26-17)8-9-23-18(22-5)24-11-19(3,4)14-7-6-13(21)10-15(14)20;/h6-7,10,12H,8-9,11H2,1-5H3,(H2,22,23,24);1H. The van der Waals surface area contributed by atoms with E-state index in [-0.39, 0.29) is 41.1 Å². The van der Waals surface area contributed by atoms with Crippen molar-refractivity contribution >= 4 is 41.5 Å². The molecular formula is C19H28ClFIN5O. The Kier molecular flexibility index (Phi) is 9.62. The third-order valence-electron chi connectivity index (χ3n) is 4.21. The smallest absolute Gasteiger partial charge is 0.228 e. The number of benzene rings is 1. The van der Waals surface area contributed by atoms with E-state index in [1.807, 2.05) is 27.7 Å². The topological polar surface area (TPSA) is 75.3 Å². The molecule has 0 fully saturated rings. The van der Waals surface area contributed by atoms with Gasteiger partial charge in [-0.25, -0.2) is 4.39 Å². The van der Waals surface area contributed by atoms with Gasteiger partial charge in [-0.2, -0.15) is 4.98 Å². The Morgan fingerprint density at radius 3 is 2.61 bits per heavy atom. The first kappa shape index (κ1) is 24.6. The fourth-order valence-electron chi connectivity index (χ4n) is 2.55. The molecule has 0 unspecified atom stereocenters. The number of nitrogens with one attached hydrogen (secondary N) is 2. The Morgan fingerprint density at radius 2 is 2.04 bits per heavy atom. The second kappa shape index (κ2) is 10.9. The molecule has 9 heteroatoms. The monoisotopic (exact) mass is 523 g/mol. The van der Waals surface area contributed by atoms with E-state index in [4.69, 9.17) is 16.1 Å². The van der Waals surface area contributed by atoms with Crippen LogP contribution in [0.25, 0.3) is 0 Å². The molecule has 0 radical (unpaired) electrons. The number of rotatable bonds is 7. The number of aromatic nitrogens is 2. The van der Waals surface area contributed by atoms with Gasteiger partial charge in [-0.15, -0.1) is 24.0 Å². The van der Waals surface area contributed by atoms with Gasteiger partial charge < -0.3 is 15.2 Å². The van der Waals surface area contributed by atoms with E-state index in [0.717, 1.165) is 5.56 Å². The lowest BCUT2D eigenvalue weighted by atomic mass is 9.84. The summed E-state index contributed by atoms with van der Waals surface area (Å²) in [4.78, 5) is 8.57. The van der Waals surface area contributed by atoms with Crippen molar-refractivity contribution in [3.63, 3.8) is 0 Å². The van der Waals surface area contributed by atoms with Crippen LogP contribution in [-0.4, -0.2) is 36.2 Å². The molecule has 28 heavy (non-hydrogen) atoms. The summed E-state index contributed by atoms with van der Waals surface area (Å²) in [5.41, 5.74) is 0.571. The van der Waals surface area contributed by atoms with E-state index in [9.17, 15) is 4.39 Å². The Balaban J connectivity index is 0.00000392. The Morgan fingerprint density at radius 1 is 1.32 bits per heavy atom. The molecule has 0 aliphatic rings. The van der Waals surface area contributed by atoms with Gasteiger partial charge in [0.1, 0.15) is 5.82 Å². The molecule has 0 atom stereocenters. The maximum absolute atomic E-state index is 13.3. The number of guanidine groups is 1. The van der Waals surface area contributed by atoms with E-state index in [1.165, 1.54) is 12.1 Å². The van der Waals surface area contributed by atoms with Crippen molar-refractivity contribution in [1.82, 2.24) is 20.8 Å². The van der Waals surface area contributed by atoms with E-state index in [1.54, 1.807) is 13.1 Å². The summed E-state index contributed by atoms with van der Waals surface area (Å²) in [6.45, 7) is 9.31. The average molecular weight is 524 g/mol. The van der Waals surface area contributed by atoms with E-state index < -0.39 is 0 Å². The molecule has 1 aromatic heterocycles. The first-order valence-electron chi connectivity index (χ1n) is 8.95. The normalized spacial score (nSPS) is 12.1. The summed E-state index contributed by atoms with van der Waals surface area (Å²) in [6, 6.07) is 4.48. The Hall–Kier alpha value is -1.42. The highest BCUT2D eigenvalue weighted by Crippen LogP contribution is 2.29. The minimum atomic E-state index is -0.341. The molecule has 1 heterocycles. The molecule has 156 valence electrons. The largest absolute Gasteiger partial charge is 0.356 e. The molecule has 6 nitrogen and oxygen atoms in total. The number of aliphatic imine (C=N–C) groups is 1. The van der Waals surface area contributed by atoms with Crippen molar-refractivity contribution < 1.29 is 8.91 Å². The fourth-order valence-corrected chi connectivity index (χ4v) is 2.97. The highest BCUT2D eigenvalue weighted by atomic mass is 127. The van der Waals surface area contributed by atoms with Crippen LogP contribution >= 0.6 is 35.6 Å². The molecule has 2 rings (SSSR count). The van der Waals surface area contributed by atoms with Crippen LogP contribution in [0.5, 0.6) is 0 Å². The number of halogens is 3. The van der Waals surface area contributed by atoms with E-state index >= 15 is 0 Å². The Labute approximate surface area is 187 Å². The average Bonchev–Trinajstić information content (AvgIpc) is 3.06. The van der Waals surface area contributed by atoms with Gasteiger partial charge in [-0.05, 0) is 17.7 Å². The predicted octanol–water partition coefficient (Wildman–Crippen LogP) is 4.29. The molecule has 0 aliphatic carbocycles. The molecule has 0 saturated carbocycles. The van der Waals surface area contributed by atoms with Crippen LogP contribution in [0, 0.1) is 5.82 Å². The number of hydrogen-bond acceptors (Lipinski definition) is 4. The van der Waals surface area contributed by atoms with Crippen molar-refractivity contribution in [3.8, 4) is 0 Å². The van der Waals surface area contributed by atoms with E-state index in [2.05, 4.69) is 25.8 Å². The predicted molar refractivity (Wildman–Crippen MR) is 121 cm³/mol. The molecule has 0 amide bonds. The van der Waals surface area contributed by atoms with Gasteiger partial charge in [0.25, 0.3) is 0 Å². The zero-order valence-corrected chi connectivity index (χ0v) is 19.9. The SMILES string of the molecule is CN=C(NCCc1nc(C(C)C)no1)NCC(C)(C)c1ccc(F)cc1Cl.I. The minimum Gasteiger partial charge on any atom is -0.356 e. The maximum Gasteiger partial charge on any atom is 0.228 e. The van der Waals surface area contributed by atoms with Crippen molar-refractivity contribution in [3.05, 3.63) is 46.3 Å². The van der Waals surface area contributed by atoms with Gasteiger partial charge in [-0.1, -0.05) is 50.5 Å². The summed E-state index contributed by atoms with van der Waals surface area (Å²) in [7, 11) is 1.71.